The Morgan fingerprint density at radius 3 is 2.29 bits per heavy atom. The number of hydrogen-bond donors (Lipinski definition) is 1. The molecule has 0 unspecified atom stereocenters. The first-order chi connectivity index (χ1) is 10.3. The van der Waals surface area contributed by atoms with Gasteiger partial charge < -0.3 is 0 Å². The van der Waals surface area contributed by atoms with Crippen LogP contribution in [0.5, 0.6) is 0 Å². The van der Waals surface area contributed by atoms with Crippen LogP contribution in [0, 0.1) is 0 Å². The molecule has 0 radical (unpaired) electrons. The Morgan fingerprint density at radius 1 is 0.857 bits per heavy atom. The molecule has 0 spiro atoms. The van der Waals surface area contributed by atoms with Gasteiger partial charge in [-0.05, 0) is 28.5 Å². The maximum atomic E-state index is 12.1. The van der Waals surface area contributed by atoms with Crippen molar-refractivity contribution in [2.75, 3.05) is 0 Å². The molecule has 0 aliphatic carbocycles. The van der Waals surface area contributed by atoms with E-state index < -0.39 is 0 Å². The zero-order chi connectivity index (χ0) is 14.5. The van der Waals surface area contributed by atoms with Crippen LogP contribution in [-0.4, -0.2) is 5.78 Å². The van der Waals surface area contributed by atoms with E-state index in [9.17, 15) is 4.79 Å². The first-order valence-electron chi connectivity index (χ1n) is 6.84. The van der Waals surface area contributed by atoms with E-state index in [0.29, 0.717) is 0 Å². The second-order valence-corrected chi connectivity index (χ2v) is 6.61. The van der Waals surface area contributed by atoms with Gasteiger partial charge in [-0.1, -0.05) is 66.8 Å². The van der Waals surface area contributed by atoms with Crippen LogP contribution >= 0.6 is 10.9 Å². The first-order valence-corrected chi connectivity index (χ1v) is 8.32. The Kier molecular flexibility index (Phi) is 4.17. The summed E-state index contributed by atoms with van der Waals surface area (Å²) in [6, 6.07) is 17.6. The Labute approximate surface area is 127 Å². The normalized spacial score (nSPS) is 15.0. The van der Waals surface area contributed by atoms with Crippen LogP contribution in [0.1, 0.15) is 15.9 Å². The maximum Gasteiger partial charge on any atom is 0.185 e. The number of ketones is 1. The zero-order valence-corrected chi connectivity index (χ0v) is 12.4. The minimum absolute atomic E-state index is 0.0377. The van der Waals surface area contributed by atoms with E-state index in [4.69, 9.17) is 0 Å². The molecule has 0 bridgehead atoms. The molecule has 0 N–H and O–H groups in total. The molecule has 3 rings (SSSR count). The van der Waals surface area contributed by atoms with Gasteiger partial charge in [0.1, 0.15) is 0 Å². The molecule has 0 atom stereocenters. The van der Waals surface area contributed by atoms with Crippen LogP contribution in [-0.2, 0) is 0 Å². The highest BCUT2D eigenvalue weighted by Gasteiger charge is 2.07. The van der Waals surface area contributed by atoms with Crippen LogP contribution in [0.15, 0.2) is 88.5 Å². The number of allylic oxidation sites excluding steroid dienone is 3. The van der Waals surface area contributed by atoms with Gasteiger partial charge in [-0.25, -0.2) is 0 Å². The number of hydrogen-bond acceptors (Lipinski definition) is 1. The van der Waals surface area contributed by atoms with Gasteiger partial charge in [0.05, 0.1) is 0 Å². The molecule has 0 saturated heterocycles. The summed E-state index contributed by atoms with van der Waals surface area (Å²) in [4.78, 5) is 13.4. The van der Waals surface area contributed by atoms with E-state index >= 15 is 0 Å². The van der Waals surface area contributed by atoms with Crippen molar-refractivity contribution in [3.8, 4) is 0 Å². The van der Waals surface area contributed by atoms with Crippen LogP contribution in [0.25, 0.3) is 6.08 Å². The molecular formula is C19H16OS. The lowest BCUT2D eigenvalue weighted by atomic mass is 10.1. The minimum atomic E-state index is -0.370. The average Bonchev–Trinajstić information content (AvgIpc) is 3.08. The van der Waals surface area contributed by atoms with Crippen LogP contribution < -0.4 is 0 Å². The van der Waals surface area contributed by atoms with E-state index in [2.05, 4.69) is 35.1 Å². The van der Waals surface area contributed by atoms with Gasteiger partial charge in [0.15, 0.2) is 5.78 Å². The lowest BCUT2D eigenvalue weighted by molar-refractivity contribution is 0.104. The predicted octanol–water partition coefficient (Wildman–Crippen LogP) is 4.98. The molecule has 1 heterocycles. The fourth-order valence-electron chi connectivity index (χ4n) is 2.22. The maximum absolute atomic E-state index is 12.1. The molecule has 0 saturated carbocycles. The minimum Gasteiger partial charge on any atom is -0.289 e. The van der Waals surface area contributed by atoms with Gasteiger partial charge in [0, 0.05) is 10.5 Å². The number of carbonyl (C=O) groups is 1. The molecule has 1 nitrogen and oxygen atoms in total. The highest BCUT2D eigenvalue weighted by Crippen LogP contribution is 2.43. The summed E-state index contributed by atoms with van der Waals surface area (Å²) < 4.78 is 0. The average molecular weight is 292 g/mol. The summed E-state index contributed by atoms with van der Waals surface area (Å²) in [5, 5.41) is 4.45. The number of carbonyl (C=O) groups excluding carboxylic acids is 1. The van der Waals surface area contributed by atoms with Crippen molar-refractivity contribution >= 4 is 22.8 Å². The fraction of sp³-hybridized carbons (Fsp3) is 0. The van der Waals surface area contributed by atoms with Gasteiger partial charge >= 0.3 is 0 Å². The molecule has 2 heteroatoms. The van der Waals surface area contributed by atoms with Crippen molar-refractivity contribution < 1.29 is 4.79 Å². The summed E-state index contributed by atoms with van der Waals surface area (Å²) >= 11 is 0. The molecule has 0 amide bonds. The quantitative estimate of drug-likeness (QED) is 0.477. The van der Waals surface area contributed by atoms with Gasteiger partial charge in [-0.3, -0.25) is 4.79 Å². The van der Waals surface area contributed by atoms with Gasteiger partial charge in [-0.15, -0.1) is 0 Å². The van der Waals surface area contributed by atoms with E-state index in [0.717, 1.165) is 11.1 Å². The van der Waals surface area contributed by atoms with Crippen LogP contribution in [0.2, 0.25) is 0 Å². The third-order valence-corrected chi connectivity index (χ3v) is 5.24. The standard InChI is InChI=1S/C19H16OS/c20-18(16-8-2-1-3-9-16)13-12-17-10-4-5-11-19(17)21-14-6-7-15-21/h1-15,21H/b13-12+. The molecule has 104 valence electrons. The Morgan fingerprint density at radius 2 is 1.52 bits per heavy atom. The highest BCUT2D eigenvalue weighted by atomic mass is 32.2. The van der Waals surface area contributed by atoms with Crippen molar-refractivity contribution in [3.05, 3.63) is 94.8 Å². The lowest BCUT2D eigenvalue weighted by Gasteiger charge is -2.13. The molecule has 0 fully saturated rings. The number of rotatable bonds is 4. The Bertz CT molecular complexity index is 714. The lowest BCUT2D eigenvalue weighted by Crippen LogP contribution is -1.93. The van der Waals surface area contributed by atoms with Crippen molar-refractivity contribution in [1.29, 1.82) is 0 Å². The third-order valence-electron chi connectivity index (χ3n) is 3.29. The van der Waals surface area contributed by atoms with E-state index in [1.807, 2.05) is 48.5 Å². The summed E-state index contributed by atoms with van der Waals surface area (Å²) in [6.45, 7) is 0. The van der Waals surface area contributed by atoms with E-state index in [-0.39, 0.29) is 16.7 Å². The highest BCUT2D eigenvalue weighted by molar-refractivity contribution is 8.22. The Hall–Kier alpha value is -2.32. The van der Waals surface area contributed by atoms with Crippen molar-refractivity contribution in [2.24, 2.45) is 0 Å². The largest absolute Gasteiger partial charge is 0.289 e. The summed E-state index contributed by atoms with van der Waals surface area (Å²) in [7, 11) is -0.370. The second kappa shape index (κ2) is 6.42. The molecular weight excluding hydrogens is 276 g/mol. The first kappa shape index (κ1) is 13.7. The van der Waals surface area contributed by atoms with Crippen LogP contribution in [0.4, 0.5) is 0 Å². The summed E-state index contributed by atoms with van der Waals surface area (Å²) in [6.07, 6.45) is 7.75. The van der Waals surface area contributed by atoms with Crippen molar-refractivity contribution in [1.82, 2.24) is 0 Å². The Balaban J connectivity index is 1.85. The second-order valence-electron chi connectivity index (χ2n) is 4.71. The molecule has 21 heavy (non-hydrogen) atoms. The topological polar surface area (TPSA) is 17.1 Å². The smallest absolute Gasteiger partial charge is 0.185 e. The SMILES string of the molecule is O=C(/C=C/c1ccccc1[SH]1C=CC=C1)c1ccccc1. The molecule has 2 aromatic carbocycles. The van der Waals surface area contributed by atoms with E-state index in [1.54, 1.807) is 6.08 Å². The van der Waals surface area contributed by atoms with Gasteiger partial charge in [0.25, 0.3) is 0 Å². The third kappa shape index (κ3) is 3.23. The predicted molar refractivity (Wildman–Crippen MR) is 91.8 cm³/mol. The van der Waals surface area contributed by atoms with Crippen LogP contribution in [0.3, 0.4) is 0 Å². The molecule has 1 aliphatic rings. The summed E-state index contributed by atoms with van der Waals surface area (Å²) in [5.41, 5.74) is 1.83. The molecule has 0 aromatic heterocycles. The zero-order valence-electron chi connectivity index (χ0n) is 11.5. The van der Waals surface area contributed by atoms with E-state index in [1.165, 1.54) is 4.90 Å². The number of thiol groups is 1. The van der Waals surface area contributed by atoms with Crippen molar-refractivity contribution in [3.63, 3.8) is 0 Å². The summed E-state index contributed by atoms with van der Waals surface area (Å²) in [5.74, 6) is 0.0377. The van der Waals surface area contributed by atoms with Gasteiger partial charge in [0.2, 0.25) is 0 Å². The monoisotopic (exact) mass is 292 g/mol. The number of benzene rings is 2. The fourth-order valence-corrected chi connectivity index (χ4v) is 3.92. The van der Waals surface area contributed by atoms with Crippen molar-refractivity contribution in [2.45, 2.75) is 4.90 Å². The molecule has 2 aromatic rings. The molecule has 1 aliphatic heterocycles. The van der Waals surface area contributed by atoms with Gasteiger partial charge in [-0.2, -0.15) is 10.9 Å².